The highest BCUT2D eigenvalue weighted by molar-refractivity contribution is 5.86. The van der Waals surface area contributed by atoms with E-state index in [0.717, 1.165) is 5.56 Å². The molecule has 0 aliphatic rings. The largest absolute Gasteiger partial charge is 0.488 e. The van der Waals surface area contributed by atoms with Crippen molar-refractivity contribution in [2.24, 2.45) is 0 Å². The Bertz CT molecular complexity index is 1380. The Morgan fingerprint density at radius 2 is 1.21 bits per heavy atom. The van der Waals surface area contributed by atoms with Gasteiger partial charge in [0.15, 0.2) is 0 Å². The van der Waals surface area contributed by atoms with Gasteiger partial charge in [-0.25, -0.2) is 4.79 Å². The fraction of sp³-hybridized carbons (Fsp3) is 0.500. The van der Waals surface area contributed by atoms with Crippen LogP contribution in [0.4, 0.5) is 11.4 Å². The van der Waals surface area contributed by atoms with Crippen molar-refractivity contribution in [2.45, 2.75) is 54.5 Å². The third-order valence-corrected chi connectivity index (χ3v) is 6.51. The Labute approximate surface area is 281 Å². The number of aryl methyl sites for hydroxylation is 1. The van der Waals surface area contributed by atoms with Gasteiger partial charge in [-0.1, -0.05) is 6.07 Å². The molecule has 2 rings (SSSR count). The molecule has 1 unspecified atom stereocenters. The quantitative estimate of drug-likeness (QED) is 0.0868. The van der Waals surface area contributed by atoms with Crippen molar-refractivity contribution in [1.82, 2.24) is 0 Å². The minimum absolute atomic E-state index is 0.00984. The summed E-state index contributed by atoms with van der Waals surface area (Å²) in [5.74, 6) is -1.98. The van der Waals surface area contributed by atoms with Crippen LogP contribution in [-0.4, -0.2) is 95.2 Å². The molecular weight excluding hydrogens is 628 g/mol. The maximum atomic E-state index is 12.8. The van der Waals surface area contributed by atoms with Crippen molar-refractivity contribution in [1.29, 1.82) is 0 Å². The van der Waals surface area contributed by atoms with Gasteiger partial charge in [0.05, 0.1) is 37.8 Å². The summed E-state index contributed by atoms with van der Waals surface area (Å²) in [6.45, 7) is 11.3. The minimum atomic E-state index is -0.944. The molecule has 0 heterocycles. The smallest absolute Gasteiger partial charge is 0.328 e. The van der Waals surface area contributed by atoms with E-state index in [1.165, 1.54) is 28.9 Å². The number of benzene rings is 2. The van der Waals surface area contributed by atoms with E-state index in [9.17, 15) is 24.0 Å². The molecule has 0 spiro atoms. The molecule has 0 saturated carbocycles. The third-order valence-electron chi connectivity index (χ3n) is 6.51. The summed E-state index contributed by atoms with van der Waals surface area (Å²) >= 11 is 0. The van der Waals surface area contributed by atoms with Crippen LogP contribution in [0.2, 0.25) is 0 Å². The Balaban J connectivity index is 2.38. The van der Waals surface area contributed by atoms with Gasteiger partial charge in [-0.05, 0) is 71.4 Å². The van der Waals surface area contributed by atoms with Gasteiger partial charge in [0, 0.05) is 13.0 Å². The molecule has 0 amide bonds. The first kappa shape index (κ1) is 39.2. The van der Waals surface area contributed by atoms with Gasteiger partial charge in [0.25, 0.3) is 0 Å². The maximum absolute atomic E-state index is 12.8. The second-order valence-corrected chi connectivity index (χ2v) is 10.2. The highest BCUT2D eigenvalue weighted by Crippen LogP contribution is 2.35. The normalized spacial score (nSPS) is 11.1. The molecule has 0 bridgehead atoms. The molecule has 14 nitrogen and oxygen atoms in total. The third kappa shape index (κ3) is 12.6. The predicted octanol–water partition coefficient (Wildman–Crippen LogP) is 3.63. The molecule has 264 valence electrons. The van der Waals surface area contributed by atoms with Crippen LogP contribution in [0.3, 0.4) is 0 Å². The Hall–Kier alpha value is -5.01. The molecule has 0 N–H and O–H groups in total. The molecule has 0 saturated heterocycles. The highest BCUT2D eigenvalue weighted by atomic mass is 16.6. The van der Waals surface area contributed by atoms with E-state index in [1.54, 1.807) is 52.8 Å². The minimum Gasteiger partial charge on any atom is -0.488 e. The SMILES string of the molecule is CCOC(=O)CN(CC(=O)OCC)c1ccc(C)cc1OCCOc1ccc(OC(C)=O)cc1N(CC(=O)OCC)C(C)C(=O)OCC. The van der Waals surface area contributed by atoms with E-state index in [1.807, 2.05) is 13.0 Å². The van der Waals surface area contributed by atoms with E-state index in [2.05, 4.69) is 0 Å². The van der Waals surface area contributed by atoms with Crippen molar-refractivity contribution < 1.29 is 57.1 Å². The fourth-order valence-electron chi connectivity index (χ4n) is 4.49. The summed E-state index contributed by atoms with van der Waals surface area (Å²) < 4.78 is 38.0. The Morgan fingerprint density at radius 1 is 0.667 bits per heavy atom. The first-order valence-electron chi connectivity index (χ1n) is 15.8. The molecule has 14 heteroatoms. The van der Waals surface area contributed by atoms with Gasteiger partial charge < -0.3 is 43.0 Å². The molecule has 0 aromatic heterocycles. The van der Waals surface area contributed by atoms with Crippen molar-refractivity contribution in [2.75, 3.05) is 69.1 Å². The maximum Gasteiger partial charge on any atom is 0.328 e. The Kier molecular flexibility index (Phi) is 16.5. The summed E-state index contributed by atoms with van der Waals surface area (Å²) in [7, 11) is 0. The molecular formula is C34H46N2O12. The number of carbonyl (C=O) groups excluding carboxylic acids is 5. The molecule has 2 aromatic rings. The van der Waals surface area contributed by atoms with Crippen molar-refractivity contribution in [3.8, 4) is 17.2 Å². The number of carbonyl (C=O) groups is 5. The molecule has 0 aliphatic heterocycles. The molecule has 0 radical (unpaired) electrons. The van der Waals surface area contributed by atoms with Crippen molar-refractivity contribution >= 4 is 41.2 Å². The molecule has 48 heavy (non-hydrogen) atoms. The van der Waals surface area contributed by atoms with Gasteiger partial charge in [-0.2, -0.15) is 0 Å². The Morgan fingerprint density at radius 3 is 1.75 bits per heavy atom. The lowest BCUT2D eigenvalue weighted by atomic mass is 10.2. The van der Waals surface area contributed by atoms with Crippen LogP contribution in [0.25, 0.3) is 0 Å². The average Bonchev–Trinajstić information content (AvgIpc) is 3.02. The molecule has 0 fully saturated rings. The summed E-state index contributed by atoms with van der Waals surface area (Å²) in [5, 5.41) is 0. The van der Waals surface area contributed by atoms with E-state index < -0.39 is 35.9 Å². The lowest BCUT2D eigenvalue weighted by molar-refractivity contribution is -0.145. The van der Waals surface area contributed by atoms with Gasteiger partial charge in [0.2, 0.25) is 0 Å². The summed E-state index contributed by atoms with van der Waals surface area (Å²) in [5.41, 5.74) is 1.61. The second kappa shape index (κ2) is 20.3. The number of rotatable bonds is 20. The molecule has 0 aliphatic carbocycles. The second-order valence-electron chi connectivity index (χ2n) is 10.2. The number of anilines is 2. The summed E-state index contributed by atoms with van der Waals surface area (Å²) in [6, 6.07) is 8.91. The highest BCUT2D eigenvalue weighted by Gasteiger charge is 2.29. The fourth-order valence-corrected chi connectivity index (χ4v) is 4.49. The zero-order valence-corrected chi connectivity index (χ0v) is 28.7. The molecule has 1 atom stereocenters. The zero-order valence-electron chi connectivity index (χ0n) is 28.7. The lowest BCUT2D eigenvalue weighted by Gasteiger charge is -2.30. The number of nitrogens with zero attached hydrogens (tertiary/aromatic N) is 2. The number of hydrogen-bond acceptors (Lipinski definition) is 14. The van der Waals surface area contributed by atoms with Crippen molar-refractivity contribution in [3.63, 3.8) is 0 Å². The van der Waals surface area contributed by atoms with E-state index >= 15 is 0 Å². The van der Waals surface area contributed by atoms with Crippen LogP contribution < -0.4 is 24.0 Å². The lowest BCUT2D eigenvalue weighted by Crippen LogP contribution is -2.44. The standard InChI is InChI=1S/C34H46N2O12/c1-8-42-31(38)20-35(21-32(39)43-9-2)27-14-12-23(5)18-30(27)47-17-16-46-29-15-13-26(48-25(7)37)19-28(29)36(22-33(40)44-10-3)24(6)34(41)45-11-4/h12-15,18-19,24H,8-11,16-17,20-22H2,1-7H3. The van der Waals surface area contributed by atoms with Gasteiger partial charge in [0.1, 0.15) is 56.1 Å². The zero-order chi connectivity index (χ0) is 35.6. The van der Waals surface area contributed by atoms with Crippen LogP contribution in [-0.2, 0) is 42.9 Å². The summed E-state index contributed by atoms with van der Waals surface area (Å²) in [6.07, 6.45) is 0. The average molecular weight is 675 g/mol. The number of hydrogen-bond donors (Lipinski definition) is 0. The predicted molar refractivity (Wildman–Crippen MR) is 175 cm³/mol. The van der Waals surface area contributed by atoms with Crippen LogP contribution in [0.15, 0.2) is 36.4 Å². The van der Waals surface area contributed by atoms with Crippen LogP contribution in [0.1, 0.15) is 47.1 Å². The van der Waals surface area contributed by atoms with E-state index in [4.69, 9.17) is 33.2 Å². The van der Waals surface area contributed by atoms with E-state index in [-0.39, 0.29) is 76.5 Å². The topological polar surface area (TPSA) is 156 Å². The number of ether oxygens (including phenoxy) is 7. The molecule has 2 aromatic carbocycles. The van der Waals surface area contributed by atoms with Gasteiger partial charge >= 0.3 is 29.8 Å². The van der Waals surface area contributed by atoms with Gasteiger partial charge in [-0.15, -0.1) is 0 Å². The van der Waals surface area contributed by atoms with Crippen LogP contribution >= 0.6 is 0 Å². The van der Waals surface area contributed by atoms with Gasteiger partial charge in [-0.3, -0.25) is 19.2 Å². The van der Waals surface area contributed by atoms with Crippen LogP contribution in [0.5, 0.6) is 17.2 Å². The van der Waals surface area contributed by atoms with Crippen molar-refractivity contribution in [3.05, 3.63) is 42.0 Å². The number of esters is 5. The first-order chi connectivity index (χ1) is 22.9. The summed E-state index contributed by atoms with van der Waals surface area (Å²) in [4.78, 5) is 64.8. The van der Waals surface area contributed by atoms with Crippen LogP contribution in [0, 0.1) is 6.92 Å². The first-order valence-corrected chi connectivity index (χ1v) is 15.8. The monoisotopic (exact) mass is 674 g/mol. The van der Waals surface area contributed by atoms with E-state index in [0.29, 0.717) is 11.4 Å².